The summed E-state index contributed by atoms with van der Waals surface area (Å²) in [5, 5.41) is 11.0. The number of hydrogen-bond donors (Lipinski definition) is 2. The van der Waals surface area contributed by atoms with Gasteiger partial charge in [-0.25, -0.2) is 14.2 Å². The summed E-state index contributed by atoms with van der Waals surface area (Å²) in [4.78, 5) is 45.2. The predicted molar refractivity (Wildman–Crippen MR) is 183 cm³/mol. The minimum absolute atomic E-state index is 0.171. The number of nitrogens with two attached hydrogens (primary N) is 1. The first-order valence-corrected chi connectivity index (χ1v) is 16.7. The van der Waals surface area contributed by atoms with Gasteiger partial charge in [0.05, 0.1) is 12.2 Å². The molecule has 0 unspecified atom stereocenters. The van der Waals surface area contributed by atoms with Crippen molar-refractivity contribution in [2.45, 2.75) is 77.9 Å². The first-order chi connectivity index (χ1) is 23.2. The zero-order chi connectivity index (χ0) is 35.4. The number of ether oxygens (including phenoxy) is 2. The van der Waals surface area contributed by atoms with Crippen LogP contribution in [0.5, 0.6) is 5.75 Å². The minimum atomic E-state index is -1.41. The van der Waals surface area contributed by atoms with Gasteiger partial charge in [-0.15, -0.1) is 0 Å². The van der Waals surface area contributed by atoms with Crippen LogP contribution in [0, 0.1) is 19.7 Å². The van der Waals surface area contributed by atoms with Crippen molar-refractivity contribution in [1.29, 1.82) is 0 Å². The number of carbonyl (C=O) groups excluding carboxylic acids is 2. The van der Waals surface area contributed by atoms with E-state index in [1.807, 2.05) is 24.0 Å². The van der Waals surface area contributed by atoms with Gasteiger partial charge in [-0.2, -0.15) is 0 Å². The molecule has 4 aromatic rings. The Morgan fingerprint density at radius 2 is 1.78 bits per heavy atom. The third-order valence-electron chi connectivity index (χ3n) is 9.73. The number of hydrogen-bond acceptors (Lipinski definition) is 6. The Morgan fingerprint density at radius 3 is 2.39 bits per heavy atom. The predicted octanol–water partition coefficient (Wildman–Crippen LogP) is 6.38. The summed E-state index contributed by atoms with van der Waals surface area (Å²) in [5.74, 6) is -1.89. The molecule has 0 aliphatic carbocycles. The number of carbonyl (C=O) groups is 3. The number of amides is 2. The number of carboxylic acid groups (broad SMARTS) is 1. The van der Waals surface area contributed by atoms with Crippen LogP contribution in [0.25, 0.3) is 22.2 Å². The van der Waals surface area contributed by atoms with E-state index < -0.39 is 29.4 Å². The fourth-order valence-corrected chi connectivity index (χ4v) is 7.27. The number of likely N-dealkylation sites (tertiary alicyclic amines) is 1. The van der Waals surface area contributed by atoms with Gasteiger partial charge in [-0.05, 0) is 107 Å². The molecule has 1 fully saturated rings. The molecule has 2 aromatic heterocycles. The summed E-state index contributed by atoms with van der Waals surface area (Å²) in [7, 11) is 1.77. The molecule has 11 heteroatoms. The van der Waals surface area contributed by atoms with Crippen molar-refractivity contribution in [3.05, 3.63) is 81.4 Å². The smallest absolute Gasteiger partial charge is 0.337 e. The van der Waals surface area contributed by atoms with Gasteiger partial charge in [-0.3, -0.25) is 9.59 Å². The molecule has 0 saturated carbocycles. The second kappa shape index (κ2) is 12.9. The Morgan fingerprint density at radius 1 is 1.10 bits per heavy atom. The number of benzene rings is 2. The molecule has 258 valence electrons. The lowest BCUT2D eigenvalue weighted by Crippen LogP contribution is -2.38. The molecule has 2 aromatic carbocycles. The van der Waals surface area contributed by atoms with E-state index in [1.165, 1.54) is 6.07 Å². The fourth-order valence-electron chi connectivity index (χ4n) is 7.27. The molecule has 2 aliphatic heterocycles. The maximum Gasteiger partial charge on any atom is 0.337 e. The lowest BCUT2D eigenvalue weighted by atomic mass is 9.86. The number of carboxylic acids is 1. The van der Waals surface area contributed by atoms with Gasteiger partial charge < -0.3 is 29.8 Å². The molecule has 1 atom stereocenters. The summed E-state index contributed by atoms with van der Waals surface area (Å²) in [6.07, 6.45) is 1.45. The normalized spacial score (nSPS) is 15.9. The number of fused-ring (bicyclic) bond motifs is 2. The van der Waals surface area contributed by atoms with Crippen molar-refractivity contribution in [3.8, 4) is 16.9 Å². The maximum atomic E-state index is 15.8. The summed E-state index contributed by atoms with van der Waals surface area (Å²) in [6, 6.07) is 10.5. The topological polar surface area (TPSA) is 137 Å². The molecule has 49 heavy (non-hydrogen) atoms. The second-order valence-electron chi connectivity index (χ2n) is 14.1. The average Bonchev–Trinajstić information content (AvgIpc) is 3.39. The Hall–Kier alpha value is -4.77. The zero-order valence-electron chi connectivity index (χ0n) is 28.9. The van der Waals surface area contributed by atoms with E-state index in [0.29, 0.717) is 70.8 Å². The number of aromatic nitrogens is 2. The molecule has 1 saturated heterocycles. The van der Waals surface area contributed by atoms with Gasteiger partial charge in [0.25, 0.3) is 5.91 Å². The Labute approximate surface area is 285 Å². The largest absolute Gasteiger partial charge is 0.490 e. The molecule has 2 amide bonds. The molecule has 0 bridgehead atoms. The molecular formula is C38H43FN4O6. The number of aryl methyl sites for hydroxylation is 2. The van der Waals surface area contributed by atoms with Gasteiger partial charge in [0.15, 0.2) is 17.7 Å². The van der Waals surface area contributed by atoms with Crippen LogP contribution < -0.4 is 10.5 Å². The summed E-state index contributed by atoms with van der Waals surface area (Å²) in [6.45, 7) is 10.5. The van der Waals surface area contributed by atoms with E-state index in [4.69, 9.17) is 20.2 Å². The number of primary amides is 1. The Kier molecular flexibility index (Phi) is 9.00. The summed E-state index contributed by atoms with van der Waals surface area (Å²) < 4.78 is 29.3. The first-order valence-electron chi connectivity index (χ1n) is 16.7. The number of aliphatic carboxylic acids is 1. The maximum absolute atomic E-state index is 15.8. The van der Waals surface area contributed by atoms with Gasteiger partial charge in [0, 0.05) is 53.5 Å². The molecule has 3 N–H and O–H groups in total. The van der Waals surface area contributed by atoms with Crippen LogP contribution >= 0.6 is 0 Å². The highest BCUT2D eigenvalue weighted by Gasteiger charge is 2.35. The molecule has 2 aliphatic rings. The van der Waals surface area contributed by atoms with Crippen molar-refractivity contribution >= 4 is 28.8 Å². The SMILES string of the molecule is Cc1nc2c(cc(C(=O)N3CCC(c4ccc(C(N)=O)cc4)CC3)n2C)c(-c2cc(F)c3c(c2C)CCCO3)c1[C@H](OC(C)(C)C)C(=O)O. The van der Waals surface area contributed by atoms with E-state index in [9.17, 15) is 19.5 Å². The lowest BCUT2D eigenvalue weighted by molar-refractivity contribution is -0.160. The van der Waals surface area contributed by atoms with Crippen LogP contribution in [0.1, 0.15) is 101 Å². The number of pyridine rings is 1. The van der Waals surface area contributed by atoms with Crippen molar-refractivity contribution < 1.29 is 33.4 Å². The van der Waals surface area contributed by atoms with Gasteiger partial charge in [0.1, 0.15) is 11.3 Å². The van der Waals surface area contributed by atoms with Crippen molar-refractivity contribution in [2.75, 3.05) is 19.7 Å². The Balaban J connectivity index is 1.45. The summed E-state index contributed by atoms with van der Waals surface area (Å²) in [5.41, 5.74) is 10.3. The fraction of sp³-hybridized carbons (Fsp3) is 0.421. The lowest BCUT2D eigenvalue weighted by Gasteiger charge is -2.32. The van der Waals surface area contributed by atoms with Crippen LogP contribution in [-0.2, 0) is 23.0 Å². The molecule has 6 rings (SSSR count). The van der Waals surface area contributed by atoms with E-state index >= 15 is 4.39 Å². The number of nitrogens with zero attached hydrogens (tertiary/aromatic N) is 3. The molecule has 4 heterocycles. The van der Waals surface area contributed by atoms with Crippen molar-refractivity contribution in [2.24, 2.45) is 12.8 Å². The van der Waals surface area contributed by atoms with E-state index in [-0.39, 0.29) is 17.6 Å². The van der Waals surface area contributed by atoms with Crippen LogP contribution in [0.15, 0.2) is 36.4 Å². The van der Waals surface area contributed by atoms with E-state index in [1.54, 1.807) is 57.5 Å². The zero-order valence-corrected chi connectivity index (χ0v) is 28.9. The highest BCUT2D eigenvalue weighted by atomic mass is 19.1. The number of piperidine rings is 1. The van der Waals surface area contributed by atoms with Gasteiger partial charge in [0.2, 0.25) is 5.91 Å². The van der Waals surface area contributed by atoms with Crippen LogP contribution in [0.4, 0.5) is 4.39 Å². The standard InChI is InChI=1S/C38H43FN4O6/c1-20-25-8-7-17-48-32(25)28(39)18-26(20)31-27-19-29(42(6)35(27)41-21(2)30(31)33(37(46)47)49-38(3,4)5)36(45)43-15-13-23(14-16-43)22-9-11-24(12-10-22)34(40)44/h9-12,18-19,23,33H,7-8,13-17H2,1-6H3,(H2,40,44)(H,46,47)/t33-/m0/s1. The Bertz CT molecular complexity index is 1970. The highest BCUT2D eigenvalue weighted by molar-refractivity contribution is 6.05. The van der Waals surface area contributed by atoms with Crippen LogP contribution in [-0.4, -0.2) is 62.6 Å². The third-order valence-corrected chi connectivity index (χ3v) is 9.73. The second-order valence-corrected chi connectivity index (χ2v) is 14.1. The highest BCUT2D eigenvalue weighted by Crippen LogP contribution is 2.45. The average molecular weight is 671 g/mol. The number of rotatable bonds is 7. The van der Waals surface area contributed by atoms with Crippen molar-refractivity contribution in [1.82, 2.24) is 14.5 Å². The van der Waals surface area contributed by atoms with Gasteiger partial charge >= 0.3 is 5.97 Å². The van der Waals surface area contributed by atoms with E-state index in [0.717, 1.165) is 36.0 Å². The molecule has 0 spiro atoms. The molecule has 10 nitrogen and oxygen atoms in total. The summed E-state index contributed by atoms with van der Waals surface area (Å²) >= 11 is 0. The van der Waals surface area contributed by atoms with Crippen LogP contribution in [0.2, 0.25) is 0 Å². The van der Waals surface area contributed by atoms with Crippen molar-refractivity contribution in [3.63, 3.8) is 0 Å². The quantitative estimate of drug-likeness (QED) is 0.233. The molecular weight excluding hydrogens is 627 g/mol. The first kappa shape index (κ1) is 34.1. The number of halogens is 1. The monoisotopic (exact) mass is 670 g/mol. The van der Waals surface area contributed by atoms with Crippen LogP contribution in [0.3, 0.4) is 0 Å². The van der Waals surface area contributed by atoms with Gasteiger partial charge in [-0.1, -0.05) is 12.1 Å². The minimum Gasteiger partial charge on any atom is -0.490 e. The third kappa shape index (κ3) is 6.39. The van der Waals surface area contributed by atoms with E-state index in [2.05, 4.69) is 0 Å². The molecule has 0 radical (unpaired) electrons.